The van der Waals surface area contributed by atoms with Gasteiger partial charge in [0.2, 0.25) is 0 Å². The van der Waals surface area contributed by atoms with E-state index in [1.54, 1.807) is 5.01 Å². The van der Waals surface area contributed by atoms with E-state index in [4.69, 9.17) is 10.1 Å². The van der Waals surface area contributed by atoms with Gasteiger partial charge in [0.1, 0.15) is 5.70 Å². The molecule has 7 heteroatoms. The quantitative estimate of drug-likeness (QED) is 0.827. The molecule has 0 saturated heterocycles. The molecule has 1 atom stereocenters. The second-order valence-electron chi connectivity index (χ2n) is 6.77. The predicted molar refractivity (Wildman–Crippen MR) is 119 cm³/mol. The summed E-state index contributed by atoms with van der Waals surface area (Å²) in [5.41, 5.74) is 2.74. The summed E-state index contributed by atoms with van der Waals surface area (Å²) in [6, 6.07) is 16.1. The molecule has 1 N–H and O–H groups in total. The van der Waals surface area contributed by atoms with E-state index in [9.17, 15) is 4.79 Å². The Morgan fingerprint density at radius 2 is 1.79 bits per heavy atom. The molecule has 0 aliphatic carbocycles. The molecule has 150 valence electrons. The Morgan fingerprint density at radius 3 is 2.48 bits per heavy atom. The zero-order chi connectivity index (χ0) is 20.4. The SMILES string of the molecule is CCSC1=NN2C(=c3ccccc3=NC2c2ccc(N(CC)CC)cc2)C(=O)N1. The normalized spacial score (nSPS) is 17.7. The third kappa shape index (κ3) is 3.62. The Morgan fingerprint density at radius 1 is 1.07 bits per heavy atom. The van der Waals surface area contributed by atoms with Crippen molar-refractivity contribution in [1.82, 2.24) is 10.3 Å². The molecule has 1 unspecified atom stereocenters. The minimum Gasteiger partial charge on any atom is -0.372 e. The van der Waals surface area contributed by atoms with Gasteiger partial charge in [-0.15, -0.1) is 5.10 Å². The summed E-state index contributed by atoms with van der Waals surface area (Å²) in [6.45, 7) is 8.27. The minimum absolute atomic E-state index is 0.136. The second kappa shape index (κ2) is 8.29. The van der Waals surface area contributed by atoms with Crippen molar-refractivity contribution in [2.75, 3.05) is 23.7 Å². The van der Waals surface area contributed by atoms with Crippen LogP contribution in [0.2, 0.25) is 0 Å². The van der Waals surface area contributed by atoms with Crippen molar-refractivity contribution in [1.29, 1.82) is 0 Å². The zero-order valence-electron chi connectivity index (χ0n) is 16.9. The van der Waals surface area contributed by atoms with Crippen molar-refractivity contribution in [3.05, 3.63) is 64.7 Å². The lowest BCUT2D eigenvalue weighted by atomic mass is 10.1. The van der Waals surface area contributed by atoms with Crippen molar-refractivity contribution in [2.45, 2.75) is 26.9 Å². The lowest BCUT2D eigenvalue weighted by Gasteiger charge is -2.34. The number of nitrogens with zero attached hydrogens (tertiary/aromatic N) is 4. The maximum Gasteiger partial charge on any atom is 0.276 e. The third-order valence-electron chi connectivity index (χ3n) is 5.12. The van der Waals surface area contributed by atoms with Gasteiger partial charge in [-0.1, -0.05) is 49.0 Å². The maximum atomic E-state index is 12.9. The summed E-state index contributed by atoms with van der Waals surface area (Å²) >= 11 is 1.52. The fraction of sp³-hybridized carbons (Fsp3) is 0.318. The fourth-order valence-electron chi connectivity index (χ4n) is 3.69. The Balaban J connectivity index is 1.82. The van der Waals surface area contributed by atoms with Gasteiger partial charge in [-0.2, -0.15) is 0 Å². The van der Waals surface area contributed by atoms with Crippen LogP contribution in [0, 0.1) is 0 Å². The molecule has 2 aromatic carbocycles. The van der Waals surface area contributed by atoms with Crippen LogP contribution in [0.25, 0.3) is 5.70 Å². The molecular weight excluding hydrogens is 382 g/mol. The smallest absolute Gasteiger partial charge is 0.276 e. The van der Waals surface area contributed by atoms with Crippen LogP contribution in [0.3, 0.4) is 0 Å². The Labute approximate surface area is 175 Å². The molecule has 0 bridgehead atoms. The first-order valence-electron chi connectivity index (χ1n) is 10.00. The van der Waals surface area contributed by atoms with Crippen LogP contribution < -0.4 is 20.8 Å². The lowest BCUT2D eigenvalue weighted by molar-refractivity contribution is -0.116. The first kappa shape index (κ1) is 19.5. The summed E-state index contributed by atoms with van der Waals surface area (Å²) in [4.78, 5) is 20.2. The number of fused-ring (bicyclic) bond motifs is 2. The molecular formula is C22H25N5OS. The number of para-hydroxylation sites is 1. The number of thioether (sulfide) groups is 1. The van der Waals surface area contributed by atoms with Crippen LogP contribution in [0.15, 0.2) is 58.6 Å². The number of anilines is 1. The van der Waals surface area contributed by atoms with Crippen LogP contribution >= 0.6 is 11.8 Å². The summed E-state index contributed by atoms with van der Waals surface area (Å²) in [5.74, 6) is 0.697. The van der Waals surface area contributed by atoms with Gasteiger partial charge in [0.15, 0.2) is 11.3 Å². The van der Waals surface area contributed by atoms with Crippen LogP contribution in [0.1, 0.15) is 32.5 Å². The predicted octanol–water partition coefficient (Wildman–Crippen LogP) is 2.43. The molecule has 0 radical (unpaired) electrons. The van der Waals surface area contributed by atoms with Crippen molar-refractivity contribution < 1.29 is 4.79 Å². The number of hydrogen-bond acceptors (Lipinski definition) is 6. The molecule has 0 spiro atoms. The Hall–Kier alpha value is -2.80. The number of rotatable bonds is 5. The first-order chi connectivity index (χ1) is 14.2. The molecule has 29 heavy (non-hydrogen) atoms. The second-order valence-corrected chi connectivity index (χ2v) is 8.02. The standard InChI is InChI=1S/C22H25N5OS/c1-4-26(5-2)16-13-11-15(12-14-16)20-23-18-10-8-7-9-17(18)19-21(28)24-22(29-6-3)25-27(19)20/h7-14,20H,4-6H2,1-3H3,(H,24,25,28). The number of nitrogens with one attached hydrogen (secondary N) is 1. The number of carbonyl (C=O) groups excluding carboxylic acids is 1. The van der Waals surface area contributed by atoms with Crippen LogP contribution in [0.5, 0.6) is 0 Å². The summed E-state index contributed by atoms with van der Waals surface area (Å²) < 4.78 is 0. The molecule has 1 amide bonds. The largest absolute Gasteiger partial charge is 0.372 e. The maximum absolute atomic E-state index is 12.9. The highest BCUT2D eigenvalue weighted by atomic mass is 32.2. The van der Waals surface area contributed by atoms with Gasteiger partial charge in [-0.3, -0.25) is 15.1 Å². The summed E-state index contributed by atoms with van der Waals surface area (Å²) in [6.07, 6.45) is -0.371. The van der Waals surface area contributed by atoms with Crippen LogP contribution in [-0.2, 0) is 4.79 Å². The van der Waals surface area contributed by atoms with Gasteiger partial charge >= 0.3 is 0 Å². The molecule has 0 saturated carbocycles. The van der Waals surface area contributed by atoms with Gasteiger partial charge in [0, 0.05) is 24.0 Å². The van der Waals surface area contributed by atoms with E-state index in [0.29, 0.717) is 10.9 Å². The number of carbonyl (C=O) groups is 1. The highest BCUT2D eigenvalue weighted by Crippen LogP contribution is 2.31. The van der Waals surface area contributed by atoms with Gasteiger partial charge < -0.3 is 4.90 Å². The lowest BCUT2D eigenvalue weighted by Crippen LogP contribution is -2.50. The molecule has 2 aliphatic heterocycles. The van der Waals surface area contributed by atoms with E-state index in [1.165, 1.54) is 17.4 Å². The minimum atomic E-state index is -0.371. The molecule has 0 fully saturated rings. The Bertz CT molecular complexity index is 1060. The first-order valence-corrected chi connectivity index (χ1v) is 11.0. The molecule has 6 nitrogen and oxygen atoms in total. The fourth-order valence-corrected chi connectivity index (χ4v) is 4.28. The third-order valence-corrected chi connectivity index (χ3v) is 5.86. The topological polar surface area (TPSA) is 60.3 Å². The van der Waals surface area contributed by atoms with Crippen molar-refractivity contribution >= 4 is 34.2 Å². The van der Waals surface area contributed by atoms with E-state index in [1.807, 2.05) is 31.2 Å². The molecule has 4 rings (SSSR count). The highest BCUT2D eigenvalue weighted by Gasteiger charge is 2.34. The van der Waals surface area contributed by atoms with Crippen molar-refractivity contribution in [3.63, 3.8) is 0 Å². The Kier molecular flexibility index (Phi) is 5.58. The monoisotopic (exact) mass is 407 g/mol. The molecule has 2 aromatic rings. The highest BCUT2D eigenvalue weighted by molar-refractivity contribution is 8.13. The zero-order valence-corrected chi connectivity index (χ0v) is 17.7. The average Bonchev–Trinajstić information content (AvgIpc) is 2.74. The van der Waals surface area contributed by atoms with Gasteiger partial charge in [0.25, 0.3) is 5.91 Å². The van der Waals surface area contributed by atoms with E-state index in [-0.39, 0.29) is 12.1 Å². The number of hydrogen-bond donors (Lipinski definition) is 1. The van der Waals surface area contributed by atoms with Crippen LogP contribution in [0.4, 0.5) is 5.69 Å². The summed E-state index contributed by atoms with van der Waals surface area (Å²) in [5, 5.41) is 11.7. The number of hydrazone groups is 1. The van der Waals surface area contributed by atoms with E-state index >= 15 is 0 Å². The average molecular weight is 408 g/mol. The van der Waals surface area contributed by atoms with E-state index < -0.39 is 0 Å². The number of benzene rings is 2. The van der Waals surface area contributed by atoms with Gasteiger partial charge in [-0.25, -0.2) is 5.01 Å². The van der Waals surface area contributed by atoms with Gasteiger partial charge in [-0.05, 0) is 43.4 Å². The van der Waals surface area contributed by atoms with Crippen molar-refractivity contribution in [2.24, 2.45) is 10.1 Å². The van der Waals surface area contributed by atoms with Crippen molar-refractivity contribution in [3.8, 4) is 0 Å². The van der Waals surface area contributed by atoms with Crippen LogP contribution in [-0.4, -0.2) is 34.9 Å². The molecule has 2 heterocycles. The molecule has 0 aromatic heterocycles. The number of amidine groups is 1. The number of amides is 1. The van der Waals surface area contributed by atoms with E-state index in [2.05, 4.69) is 48.3 Å². The summed E-state index contributed by atoms with van der Waals surface area (Å²) in [7, 11) is 0. The van der Waals surface area contributed by atoms with Gasteiger partial charge in [0.05, 0.1) is 5.36 Å². The van der Waals surface area contributed by atoms with E-state index in [0.717, 1.165) is 35.0 Å². The molecule has 2 aliphatic rings.